The van der Waals surface area contributed by atoms with Gasteiger partial charge >= 0.3 is 0 Å². The molecule has 0 radical (unpaired) electrons. The third-order valence-corrected chi connectivity index (χ3v) is 6.73. The zero-order valence-corrected chi connectivity index (χ0v) is 21.2. The number of rotatable bonds is 7. The van der Waals surface area contributed by atoms with Gasteiger partial charge in [-0.2, -0.15) is 0 Å². The van der Waals surface area contributed by atoms with E-state index in [-0.39, 0.29) is 17.8 Å². The minimum Gasteiger partial charge on any atom is -0.368 e. The Balaban J connectivity index is 0.00000167. The molecule has 0 saturated carbocycles. The van der Waals surface area contributed by atoms with Gasteiger partial charge in [0.2, 0.25) is 5.95 Å². The van der Waals surface area contributed by atoms with Crippen molar-refractivity contribution in [1.29, 1.82) is 0 Å². The summed E-state index contributed by atoms with van der Waals surface area (Å²) in [5.74, 6) is -0.102. The number of hydrogen-bond acceptors (Lipinski definition) is 8. The molecule has 10 heteroatoms. The number of anilines is 1. The molecule has 0 unspecified atom stereocenters. The summed E-state index contributed by atoms with van der Waals surface area (Å²) in [5.41, 5.74) is 7.45. The Bertz CT molecular complexity index is 1270. The molecule has 4 aromatic rings. The van der Waals surface area contributed by atoms with Crippen LogP contribution in [0.1, 0.15) is 39.4 Å². The molecule has 0 bridgehead atoms. The number of nitrogens with two attached hydrogens (primary N) is 1. The molecular weight excluding hydrogens is 480 g/mol. The summed E-state index contributed by atoms with van der Waals surface area (Å²) in [4.78, 5) is 39.6. The highest BCUT2D eigenvalue weighted by molar-refractivity contribution is 7.99. The van der Waals surface area contributed by atoms with Gasteiger partial charge < -0.3 is 16.4 Å². The molecule has 4 rings (SSSR count). The Labute approximate surface area is 212 Å². The number of carbonyl (C=O) groups excluding carboxylic acids is 2. The zero-order valence-electron chi connectivity index (χ0n) is 19.6. The smallest absolute Gasteiger partial charge is 0.252 e. The lowest BCUT2D eigenvalue weighted by Crippen LogP contribution is -2.22. The Morgan fingerprint density at radius 2 is 1.63 bits per heavy atom. The molecule has 0 atom stereocenters. The Hall–Kier alpha value is -3.76. The van der Waals surface area contributed by atoms with Crippen LogP contribution in [0.4, 0.5) is 5.95 Å². The fourth-order valence-electron chi connectivity index (χ4n) is 2.92. The van der Waals surface area contributed by atoms with Gasteiger partial charge in [-0.1, -0.05) is 37.7 Å². The number of benzene rings is 2. The van der Waals surface area contributed by atoms with Gasteiger partial charge in [-0.3, -0.25) is 9.59 Å². The summed E-state index contributed by atoms with van der Waals surface area (Å²) in [7, 11) is 1.61. The van der Waals surface area contributed by atoms with Crippen molar-refractivity contribution < 1.29 is 9.59 Å². The van der Waals surface area contributed by atoms with Crippen LogP contribution in [0.25, 0.3) is 10.6 Å². The second-order valence-corrected chi connectivity index (χ2v) is 9.08. The van der Waals surface area contributed by atoms with Crippen LogP contribution in [0.5, 0.6) is 0 Å². The number of carbonyl (C=O) groups is 2. The summed E-state index contributed by atoms with van der Waals surface area (Å²) < 4.78 is 0. The monoisotopic (exact) mass is 506 g/mol. The van der Waals surface area contributed by atoms with Crippen molar-refractivity contribution in [1.82, 2.24) is 25.6 Å². The number of nitrogens with one attached hydrogen (secondary N) is 2. The van der Waals surface area contributed by atoms with Gasteiger partial charge in [0, 0.05) is 51.4 Å². The number of amides is 2. The lowest BCUT2D eigenvalue weighted by Gasteiger charge is -2.09. The maximum Gasteiger partial charge on any atom is 0.252 e. The third-order valence-electron chi connectivity index (χ3n) is 4.60. The first-order chi connectivity index (χ1) is 17.0. The van der Waals surface area contributed by atoms with Crippen LogP contribution < -0.4 is 16.4 Å². The van der Waals surface area contributed by atoms with E-state index in [9.17, 15) is 9.59 Å². The van der Waals surface area contributed by atoms with E-state index in [4.69, 9.17) is 5.73 Å². The van der Waals surface area contributed by atoms with Crippen molar-refractivity contribution in [3.8, 4) is 10.6 Å². The fourth-order valence-corrected chi connectivity index (χ4v) is 4.69. The Kier molecular flexibility index (Phi) is 9.33. The normalized spacial score (nSPS) is 10.1. The summed E-state index contributed by atoms with van der Waals surface area (Å²) in [6.07, 6.45) is 4.96. The first-order valence-electron chi connectivity index (χ1n) is 10.9. The van der Waals surface area contributed by atoms with Gasteiger partial charge in [-0.25, -0.2) is 15.0 Å². The molecule has 35 heavy (non-hydrogen) atoms. The van der Waals surface area contributed by atoms with E-state index in [0.29, 0.717) is 17.7 Å². The van der Waals surface area contributed by atoms with E-state index in [0.717, 1.165) is 25.2 Å². The van der Waals surface area contributed by atoms with Gasteiger partial charge in [0.25, 0.3) is 11.8 Å². The minimum atomic E-state index is -0.178. The quantitative estimate of drug-likeness (QED) is 0.333. The van der Waals surface area contributed by atoms with Crippen LogP contribution in [0.15, 0.2) is 76.9 Å². The topological polar surface area (TPSA) is 123 Å². The molecule has 2 amide bonds. The molecule has 0 fully saturated rings. The van der Waals surface area contributed by atoms with Crippen LogP contribution >= 0.6 is 23.1 Å². The Morgan fingerprint density at radius 3 is 2.31 bits per heavy atom. The molecule has 180 valence electrons. The fraction of sp³-hybridized carbons (Fsp3) is 0.160. The SMILES string of the molecule is CC.CNC(=O)c1ccccc1Sc1ccc(C(=O)NCc2cnc(-c3cnc(N)nc3)s2)cc1. The van der Waals surface area contributed by atoms with E-state index in [1.54, 1.807) is 43.8 Å². The predicted octanol–water partition coefficient (Wildman–Crippen LogP) is 4.65. The van der Waals surface area contributed by atoms with E-state index >= 15 is 0 Å². The van der Waals surface area contributed by atoms with E-state index in [1.165, 1.54) is 23.1 Å². The summed E-state index contributed by atoms with van der Waals surface area (Å²) in [6, 6.07) is 14.7. The van der Waals surface area contributed by atoms with Gasteiger partial charge in [0.1, 0.15) is 5.01 Å². The lowest BCUT2D eigenvalue weighted by atomic mass is 10.2. The number of nitrogens with zero attached hydrogens (tertiary/aromatic N) is 3. The van der Waals surface area contributed by atoms with Crippen LogP contribution in [0, 0.1) is 0 Å². The molecular formula is C25H26N6O2S2. The zero-order chi connectivity index (χ0) is 25.2. The molecule has 2 aromatic heterocycles. The molecule has 0 saturated heterocycles. The first kappa shape index (κ1) is 25.9. The van der Waals surface area contributed by atoms with Gasteiger partial charge in [-0.05, 0) is 36.4 Å². The van der Waals surface area contributed by atoms with E-state index < -0.39 is 0 Å². The number of aromatic nitrogens is 3. The number of hydrogen-bond donors (Lipinski definition) is 3. The van der Waals surface area contributed by atoms with Crippen molar-refractivity contribution in [3.63, 3.8) is 0 Å². The van der Waals surface area contributed by atoms with Crippen molar-refractivity contribution in [2.75, 3.05) is 12.8 Å². The van der Waals surface area contributed by atoms with Gasteiger partial charge in [0.15, 0.2) is 0 Å². The maximum atomic E-state index is 12.6. The second-order valence-electron chi connectivity index (χ2n) is 6.85. The highest BCUT2D eigenvalue weighted by Gasteiger charge is 2.12. The molecule has 0 spiro atoms. The lowest BCUT2D eigenvalue weighted by molar-refractivity contribution is 0.0946. The van der Waals surface area contributed by atoms with Crippen molar-refractivity contribution in [2.24, 2.45) is 0 Å². The van der Waals surface area contributed by atoms with Crippen LogP contribution in [0.2, 0.25) is 0 Å². The summed E-state index contributed by atoms with van der Waals surface area (Å²) in [6.45, 7) is 4.36. The van der Waals surface area contributed by atoms with Crippen LogP contribution in [-0.2, 0) is 6.54 Å². The Morgan fingerprint density at radius 1 is 0.943 bits per heavy atom. The maximum absolute atomic E-state index is 12.6. The number of thiazole rings is 1. The van der Waals surface area contributed by atoms with Gasteiger partial charge in [0.05, 0.1) is 12.1 Å². The summed E-state index contributed by atoms with van der Waals surface area (Å²) in [5, 5.41) is 6.32. The van der Waals surface area contributed by atoms with Crippen molar-refractivity contribution >= 4 is 40.9 Å². The largest absolute Gasteiger partial charge is 0.368 e. The van der Waals surface area contributed by atoms with Crippen LogP contribution in [-0.4, -0.2) is 33.8 Å². The molecule has 2 heterocycles. The molecule has 0 aliphatic heterocycles. The average Bonchev–Trinajstić information content (AvgIpc) is 3.38. The minimum absolute atomic E-state index is 0.135. The highest BCUT2D eigenvalue weighted by Crippen LogP contribution is 2.30. The second kappa shape index (κ2) is 12.6. The third kappa shape index (κ3) is 6.87. The van der Waals surface area contributed by atoms with E-state index in [1.807, 2.05) is 44.2 Å². The standard InChI is InChI=1S/C23H20N6O2S2.C2H6/c1-25-21(31)18-4-2-3-5-19(18)32-16-8-6-14(7-9-16)20(30)26-12-17-13-27-22(33-17)15-10-28-23(24)29-11-15;1-2/h2-11,13H,12H2,1H3,(H,25,31)(H,26,30)(H2,24,28,29);1-2H3. The van der Waals surface area contributed by atoms with Gasteiger partial charge in [-0.15, -0.1) is 11.3 Å². The molecule has 0 aliphatic rings. The predicted molar refractivity (Wildman–Crippen MR) is 140 cm³/mol. The highest BCUT2D eigenvalue weighted by atomic mass is 32.2. The first-order valence-corrected chi connectivity index (χ1v) is 12.6. The molecule has 0 aliphatic carbocycles. The molecule has 4 N–H and O–H groups in total. The number of nitrogen functional groups attached to an aromatic ring is 1. The summed E-state index contributed by atoms with van der Waals surface area (Å²) >= 11 is 2.93. The van der Waals surface area contributed by atoms with Crippen LogP contribution in [0.3, 0.4) is 0 Å². The average molecular weight is 507 g/mol. The van der Waals surface area contributed by atoms with E-state index in [2.05, 4.69) is 25.6 Å². The van der Waals surface area contributed by atoms with Crippen molar-refractivity contribution in [3.05, 3.63) is 83.1 Å². The van der Waals surface area contributed by atoms with Crippen molar-refractivity contribution in [2.45, 2.75) is 30.2 Å². The molecule has 8 nitrogen and oxygen atoms in total. The molecule has 2 aromatic carbocycles.